The second kappa shape index (κ2) is 6.11. The van der Waals surface area contributed by atoms with Crippen LogP contribution in [0.25, 0.3) is 44.2 Å². The molecule has 7 rings (SSSR count). The molecule has 0 atom stereocenters. The minimum atomic E-state index is -0.0648. The maximum absolute atomic E-state index is 6.44. The van der Waals surface area contributed by atoms with Crippen molar-refractivity contribution in [3.8, 4) is 44.9 Å². The van der Waals surface area contributed by atoms with E-state index in [9.17, 15) is 0 Å². The van der Waals surface area contributed by atoms with Gasteiger partial charge in [-0.2, -0.15) is 0 Å². The van der Waals surface area contributed by atoms with Crippen LogP contribution in [0.15, 0.2) is 97.1 Å². The van der Waals surface area contributed by atoms with Gasteiger partial charge in [-0.25, -0.2) is 0 Å². The summed E-state index contributed by atoms with van der Waals surface area (Å²) >= 11 is 0. The van der Waals surface area contributed by atoms with Crippen LogP contribution < -0.4 is 4.74 Å². The zero-order valence-corrected chi connectivity index (χ0v) is 18.1. The smallest absolute Gasteiger partial charge is 0.135 e. The Morgan fingerprint density at radius 1 is 0.531 bits per heavy atom. The molecule has 1 aliphatic carbocycles. The molecule has 0 bridgehead atoms. The van der Waals surface area contributed by atoms with Crippen LogP contribution in [0.2, 0.25) is 0 Å². The molecule has 2 aliphatic rings. The molecule has 0 saturated heterocycles. The van der Waals surface area contributed by atoms with Crippen molar-refractivity contribution in [3.63, 3.8) is 0 Å². The van der Waals surface area contributed by atoms with Gasteiger partial charge < -0.3 is 4.74 Å². The molecule has 0 radical (unpaired) electrons. The van der Waals surface area contributed by atoms with Gasteiger partial charge in [0.25, 0.3) is 0 Å². The van der Waals surface area contributed by atoms with Gasteiger partial charge in [0.15, 0.2) is 0 Å². The highest BCUT2D eigenvalue weighted by molar-refractivity contribution is 6.08. The summed E-state index contributed by atoms with van der Waals surface area (Å²) in [5.41, 5.74) is 10.4. The molecule has 5 aromatic carbocycles. The van der Waals surface area contributed by atoms with E-state index in [0.717, 1.165) is 11.5 Å². The molecule has 0 spiro atoms. The monoisotopic (exact) mass is 410 g/mol. The molecule has 0 amide bonds. The third-order valence-corrected chi connectivity index (χ3v) is 7.25. The fourth-order valence-corrected chi connectivity index (χ4v) is 5.91. The van der Waals surface area contributed by atoms with Gasteiger partial charge in [0.1, 0.15) is 11.5 Å². The van der Waals surface area contributed by atoms with E-state index in [1.54, 1.807) is 0 Å². The van der Waals surface area contributed by atoms with Gasteiger partial charge in [0, 0.05) is 16.4 Å². The summed E-state index contributed by atoms with van der Waals surface area (Å²) in [6, 6.07) is 34.9. The normalized spacial score (nSPS) is 14.4. The maximum Gasteiger partial charge on any atom is 0.135 e. The molecule has 0 saturated carbocycles. The molecule has 1 aliphatic heterocycles. The molecular weight excluding hydrogens is 388 g/mol. The molecule has 1 heteroatoms. The summed E-state index contributed by atoms with van der Waals surface area (Å²) in [4.78, 5) is 0. The second-order valence-electron chi connectivity index (χ2n) is 9.34. The van der Waals surface area contributed by atoms with Gasteiger partial charge in [0.2, 0.25) is 0 Å². The number of benzene rings is 5. The van der Waals surface area contributed by atoms with Crippen LogP contribution in [0.3, 0.4) is 0 Å². The maximum atomic E-state index is 6.44. The van der Waals surface area contributed by atoms with Crippen molar-refractivity contribution in [3.05, 3.63) is 108 Å². The Kier molecular flexibility index (Phi) is 3.40. The third-order valence-electron chi connectivity index (χ3n) is 7.25. The number of rotatable bonds is 1. The van der Waals surface area contributed by atoms with Crippen LogP contribution in [0.4, 0.5) is 0 Å². The fraction of sp³-hybridized carbons (Fsp3) is 0.0968. The zero-order chi connectivity index (χ0) is 21.4. The first kappa shape index (κ1) is 17.8. The summed E-state index contributed by atoms with van der Waals surface area (Å²) in [5.74, 6) is 1.87. The van der Waals surface area contributed by atoms with Gasteiger partial charge in [0.05, 0.1) is 0 Å². The van der Waals surface area contributed by atoms with Gasteiger partial charge in [-0.3, -0.25) is 0 Å². The van der Waals surface area contributed by atoms with Gasteiger partial charge >= 0.3 is 0 Å². The molecule has 1 nitrogen and oxygen atoms in total. The lowest BCUT2D eigenvalue weighted by molar-refractivity contribution is 0.487. The Hall–Kier alpha value is -3.84. The van der Waals surface area contributed by atoms with Crippen LogP contribution in [0, 0.1) is 0 Å². The summed E-state index contributed by atoms with van der Waals surface area (Å²) in [6.07, 6.45) is 0. The minimum absolute atomic E-state index is 0.0648. The summed E-state index contributed by atoms with van der Waals surface area (Å²) in [5, 5.41) is 2.41. The molecule has 0 N–H and O–H groups in total. The van der Waals surface area contributed by atoms with Gasteiger partial charge in [-0.05, 0) is 56.5 Å². The Labute approximate surface area is 187 Å². The lowest BCUT2D eigenvalue weighted by atomic mass is 9.77. The molecule has 32 heavy (non-hydrogen) atoms. The molecule has 0 fully saturated rings. The molecule has 0 aromatic heterocycles. The Morgan fingerprint density at radius 3 is 2.00 bits per heavy atom. The first-order chi connectivity index (χ1) is 15.6. The zero-order valence-electron chi connectivity index (χ0n) is 18.1. The number of fused-ring (bicyclic) bond motifs is 5. The molecule has 152 valence electrons. The highest BCUT2D eigenvalue weighted by Crippen LogP contribution is 2.55. The van der Waals surface area contributed by atoms with Gasteiger partial charge in [-0.15, -0.1) is 0 Å². The van der Waals surface area contributed by atoms with E-state index >= 15 is 0 Å². The predicted octanol–water partition coefficient (Wildman–Crippen LogP) is 8.59. The number of hydrogen-bond donors (Lipinski definition) is 0. The lowest BCUT2D eigenvalue weighted by Gasteiger charge is -2.27. The van der Waals surface area contributed by atoms with E-state index in [0.29, 0.717) is 0 Å². The standard InChI is InChI=1S/C31H22O/c1-31(2)25-16-4-3-11-20(25)22-13-7-14-23(30(22)31)21-12-8-18-27-29(21)24-15-5-9-19-10-6-17-26(32-27)28(19)24/h3-18H,1-2H3. The van der Waals surface area contributed by atoms with Crippen molar-refractivity contribution in [1.29, 1.82) is 0 Å². The van der Waals surface area contributed by atoms with E-state index in [2.05, 4.69) is 111 Å². The second-order valence-corrected chi connectivity index (χ2v) is 9.34. The Morgan fingerprint density at radius 2 is 1.12 bits per heavy atom. The SMILES string of the molecule is CC1(C)c2ccccc2-c2cccc(-c3cccc4c3-c3cccc5cccc(c35)O4)c21. The molecule has 0 unspecified atom stereocenters. The van der Waals surface area contributed by atoms with Crippen molar-refractivity contribution in [2.45, 2.75) is 19.3 Å². The molecule has 1 heterocycles. The highest BCUT2D eigenvalue weighted by Gasteiger charge is 2.38. The Balaban J connectivity index is 1.57. The van der Waals surface area contributed by atoms with E-state index in [1.807, 2.05) is 0 Å². The number of hydrogen-bond acceptors (Lipinski definition) is 1. The fourth-order valence-electron chi connectivity index (χ4n) is 5.91. The third kappa shape index (κ3) is 2.18. The molecule has 5 aromatic rings. The average molecular weight is 411 g/mol. The quantitative estimate of drug-likeness (QED) is 0.264. The minimum Gasteiger partial charge on any atom is -0.456 e. The van der Waals surface area contributed by atoms with Crippen molar-refractivity contribution >= 4 is 10.8 Å². The van der Waals surface area contributed by atoms with Crippen LogP contribution in [-0.4, -0.2) is 0 Å². The van der Waals surface area contributed by atoms with E-state index in [1.165, 1.54) is 55.3 Å². The predicted molar refractivity (Wildman–Crippen MR) is 132 cm³/mol. The number of ether oxygens (including phenoxy) is 1. The largest absolute Gasteiger partial charge is 0.456 e. The van der Waals surface area contributed by atoms with Gasteiger partial charge in [-0.1, -0.05) is 98.8 Å². The Bertz CT molecular complexity index is 1570. The van der Waals surface area contributed by atoms with Crippen molar-refractivity contribution in [1.82, 2.24) is 0 Å². The summed E-state index contributed by atoms with van der Waals surface area (Å²) in [6.45, 7) is 4.70. The highest BCUT2D eigenvalue weighted by atomic mass is 16.5. The van der Waals surface area contributed by atoms with Crippen LogP contribution in [0.5, 0.6) is 11.5 Å². The van der Waals surface area contributed by atoms with E-state index in [-0.39, 0.29) is 5.41 Å². The van der Waals surface area contributed by atoms with Crippen molar-refractivity contribution < 1.29 is 4.74 Å². The summed E-state index contributed by atoms with van der Waals surface area (Å²) in [7, 11) is 0. The van der Waals surface area contributed by atoms with Crippen LogP contribution in [-0.2, 0) is 5.41 Å². The first-order valence-corrected chi connectivity index (χ1v) is 11.2. The van der Waals surface area contributed by atoms with Crippen molar-refractivity contribution in [2.24, 2.45) is 0 Å². The van der Waals surface area contributed by atoms with E-state index < -0.39 is 0 Å². The first-order valence-electron chi connectivity index (χ1n) is 11.2. The molecular formula is C31H22O. The van der Waals surface area contributed by atoms with E-state index in [4.69, 9.17) is 4.74 Å². The lowest BCUT2D eigenvalue weighted by Crippen LogP contribution is -2.16. The van der Waals surface area contributed by atoms with Crippen molar-refractivity contribution in [2.75, 3.05) is 0 Å². The topological polar surface area (TPSA) is 9.23 Å². The van der Waals surface area contributed by atoms with Crippen LogP contribution in [0.1, 0.15) is 25.0 Å². The summed E-state index contributed by atoms with van der Waals surface area (Å²) < 4.78 is 6.44. The average Bonchev–Trinajstić information content (AvgIpc) is 3.06. The van der Waals surface area contributed by atoms with Crippen LogP contribution >= 0.6 is 0 Å².